The SMILES string of the molecule is COc1c(N=[N+]=[N-])cc([N+](=O)[O-])c(OC)c1C. The molecule has 0 atom stereocenters. The van der Waals surface area contributed by atoms with Crippen molar-refractivity contribution < 1.29 is 14.4 Å². The van der Waals surface area contributed by atoms with Crippen LogP contribution in [0.1, 0.15) is 5.56 Å². The molecule has 17 heavy (non-hydrogen) atoms. The normalized spacial score (nSPS) is 9.35. The van der Waals surface area contributed by atoms with Gasteiger partial charge in [0.15, 0.2) is 0 Å². The quantitative estimate of drug-likeness (QED) is 0.264. The summed E-state index contributed by atoms with van der Waals surface area (Å²) in [6, 6.07) is 1.12. The van der Waals surface area contributed by atoms with E-state index in [0.29, 0.717) is 5.56 Å². The maximum Gasteiger partial charge on any atom is 0.311 e. The van der Waals surface area contributed by atoms with Crippen LogP contribution in [0.3, 0.4) is 0 Å². The van der Waals surface area contributed by atoms with Crippen molar-refractivity contribution in [3.8, 4) is 11.5 Å². The average Bonchev–Trinajstić information content (AvgIpc) is 2.29. The summed E-state index contributed by atoms with van der Waals surface area (Å²) in [6.45, 7) is 1.58. The Labute approximate surface area is 96.5 Å². The summed E-state index contributed by atoms with van der Waals surface area (Å²) in [5, 5.41) is 14.2. The summed E-state index contributed by atoms with van der Waals surface area (Å²) < 4.78 is 10.00. The summed E-state index contributed by atoms with van der Waals surface area (Å²) in [5.41, 5.74) is 8.58. The lowest BCUT2D eigenvalue weighted by Gasteiger charge is -2.12. The zero-order chi connectivity index (χ0) is 13.0. The highest BCUT2D eigenvalue weighted by Gasteiger charge is 2.23. The predicted molar refractivity (Wildman–Crippen MR) is 59.7 cm³/mol. The van der Waals surface area contributed by atoms with Gasteiger partial charge >= 0.3 is 5.69 Å². The van der Waals surface area contributed by atoms with Crippen molar-refractivity contribution in [1.82, 2.24) is 0 Å². The number of methoxy groups -OCH3 is 2. The van der Waals surface area contributed by atoms with Gasteiger partial charge in [0.25, 0.3) is 0 Å². The van der Waals surface area contributed by atoms with Crippen LogP contribution in [-0.2, 0) is 0 Å². The predicted octanol–water partition coefficient (Wildman–Crippen LogP) is 2.86. The van der Waals surface area contributed by atoms with Crippen molar-refractivity contribution in [2.24, 2.45) is 5.11 Å². The summed E-state index contributed by atoms with van der Waals surface area (Å²) in [5.74, 6) is 0.342. The Kier molecular flexibility index (Phi) is 3.74. The topological polar surface area (TPSA) is 110 Å². The van der Waals surface area contributed by atoms with E-state index in [1.54, 1.807) is 6.92 Å². The van der Waals surface area contributed by atoms with Crippen LogP contribution in [0, 0.1) is 17.0 Å². The summed E-state index contributed by atoms with van der Waals surface area (Å²) >= 11 is 0. The van der Waals surface area contributed by atoms with Gasteiger partial charge in [0, 0.05) is 16.5 Å². The first-order chi connectivity index (χ1) is 8.06. The van der Waals surface area contributed by atoms with Gasteiger partial charge in [0.2, 0.25) is 5.75 Å². The molecule has 8 heteroatoms. The number of ether oxygens (including phenoxy) is 2. The van der Waals surface area contributed by atoms with Gasteiger partial charge < -0.3 is 9.47 Å². The fraction of sp³-hybridized carbons (Fsp3) is 0.333. The molecule has 0 saturated heterocycles. The summed E-state index contributed by atoms with van der Waals surface area (Å²) in [6.07, 6.45) is 0. The molecule has 1 aromatic rings. The minimum Gasteiger partial charge on any atom is -0.496 e. The first-order valence-corrected chi connectivity index (χ1v) is 4.51. The van der Waals surface area contributed by atoms with E-state index >= 15 is 0 Å². The van der Waals surface area contributed by atoms with Crippen LogP contribution in [0.4, 0.5) is 11.4 Å². The zero-order valence-electron chi connectivity index (χ0n) is 9.50. The van der Waals surface area contributed by atoms with E-state index in [0.717, 1.165) is 6.07 Å². The van der Waals surface area contributed by atoms with Gasteiger partial charge in [-0.2, -0.15) is 0 Å². The number of nitro benzene ring substituents is 1. The van der Waals surface area contributed by atoms with Crippen LogP contribution in [0.2, 0.25) is 0 Å². The smallest absolute Gasteiger partial charge is 0.311 e. The van der Waals surface area contributed by atoms with Crippen LogP contribution in [0.15, 0.2) is 11.2 Å². The lowest BCUT2D eigenvalue weighted by atomic mass is 10.1. The third kappa shape index (κ3) is 2.21. The van der Waals surface area contributed by atoms with E-state index < -0.39 is 4.92 Å². The molecule has 0 fully saturated rings. The van der Waals surface area contributed by atoms with Crippen molar-refractivity contribution in [3.63, 3.8) is 0 Å². The summed E-state index contributed by atoms with van der Waals surface area (Å²) in [4.78, 5) is 12.8. The number of benzene rings is 1. The molecule has 0 aromatic heterocycles. The summed E-state index contributed by atoms with van der Waals surface area (Å²) in [7, 11) is 2.70. The average molecular weight is 238 g/mol. The molecule has 1 aromatic carbocycles. The van der Waals surface area contributed by atoms with Gasteiger partial charge in [-0.15, -0.1) is 0 Å². The molecule has 1 rings (SSSR count). The molecular weight excluding hydrogens is 228 g/mol. The number of rotatable bonds is 4. The second-order valence-corrected chi connectivity index (χ2v) is 3.05. The van der Waals surface area contributed by atoms with Crippen molar-refractivity contribution in [2.75, 3.05) is 14.2 Å². The maximum atomic E-state index is 10.8. The molecule has 90 valence electrons. The van der Waals surface area contributed by atoms with Gasteiger partial charge in [-0.3, -0.25) is 10.1 Å². The molecule has 0 unspecified atom stereocenters. The van der Waals surface area contributed by atoms with E-state index in [-0.39, 0.29) is 22.9 Å². The van der Waals surface area contributed by atoms with E-state index in [4.69, 9.17) is 15.0 Å². The number of nitro groups is 1. The van der Waals surface area contributed by atoms with E-state index in [1.807, 2.05) is 0 Å². The molecule has 0 aliphatic carbocycles. The van der Waals surface area contributed by atoms with Crippen molar-refractivity contribution in [1.29, 1.82) is 0 Å². The molecule has 0 saturated carbocycles. The minimum absolute atomic E-state index is 0.0556. The lowest BCUT2D eigenvalue weighted by molar-refractivity contribution is -0.385. The van der Waals surface area contributed by atoms with Gasteiger partial charge in [0.05, 0.1) is 24.8 Å². The lowest BCUT2D eigenvalue weighted by Crippen LogP contribution is -1.98. The standard InChI is InChI=1S/C9H10N4O4/c1-5-8(16-2)6(11-12-10)4-7(13(14)15)9(5)17-3/h4H,1-3H3. The van der Waals surface area contributed by atoms with E-state index in [2.05, 4.69) is 10.0 Å². The molecule has 0 bridgehead atoms. The Morgan fingerprint density at radius 3 is 2.41 bits per heavy atom. The second-order valence-electron chi connectivity index (χ2n) is 3.05. The molecule has 0 aliphatic rings. The van der Waals surface area contributed by atoms with Crippen LogP contribution >= 0.6 is 0 Å². The van der Waals surface area contributed by atoms with Gasteiger partial charge in [-0.25, -0.2) is 0 Å². The number of nitrogens with zero attached hydrogens (tertiary/aromatic N) is 4. The molecular formula is C9H10N4O4. The highest BCUT2D eigenvalue weighted by Crippen LogP contribution is 2.43. The Balaban J connectivity index is 3.65. The second kappa shape index (κ2) is 5.04. The molecule has 0 spiro atoms. The Bertz CT molecular complexity index is 480. The van der Waals surface area contributed by atoms with E-state index in [9.17, 15) is 10.1 Å². The third-order valence-corrected chi connectivity index (χ3v) is 2.18. The fourth-order valence-corrected chi connectivity index (χ4v) is 1.52. The fourth-order valence-electron chi connectivity index (χ4n) is 1.52. The van der Waals surface area contributed by atoms with Gasteiger partial charge in [0.1, 0.15) is 5.75 Å². The number of hydrogen-bond acceptors (Lipinski definition) is 5. The van der Waals surface area contributed by atoms with Crippen molar-refractivity contribution in [3.05, 3.63) is 32.2 Å². The molecule has 0 radical (unpaired) electrons. The van der Waals surface area contributed by atoms with Crippen molar-refractivity contribution >= 4 is 11.4 Å². The van der Waals surface area contributed by atoms with Crippen LogP contribution in [0.25, 0.3) is 10.4 Å². The minimum atomic E-state index is -0.609. The molecule has 0 N–H and O–H groups in total. The largest absolute Gasteiger partial charge is 0.496 e. The Hall–Kier alpha value is -2.47. The highest BCUT2D eigenvalue weighted by atomic mass is 16.6. The van der Waals surface area contributed by atoms with Crippen LogP contribution < -0.4 is 9.47 Å². The molecule has 8 nitrogen and oxygen atoms in total. The Morgan fingerprint density at radius 1 is 1.41 bits per heavy atom. The monoisotopic (exact) mass is 238 g/mol. The van der Waals surface area contributed by atoms with Crippen LogP contribution in [-0.4, -0.2) is 19.1 Å². The zero-order valence-corrected chi connectivity index (χ0v) is 9.50. The maximum absolute atomic E-state index is 10.8. The first kappa shape index (κ1) is 12.6. The molecule has 0 aliphatic heterocycles. The van der Waals surface area contributed by atoms with Gasteiger partial charge in [-0.1, -0.05) is 5.11 Å². The van der Waals surface area contributed by atoms with Gasteiger partial charge in [-0.05, 0) is 12.5 Å². The number of azide groups is 1. The first-order valence-electron chi connectivity index (χ1n) is 4.51. The molecule has 0 amide bonds. The van der Waals surface area contributed by atoms with Crippen molar-refractivity contribution in [2.45, 2.75) is 6.92 Å². The number of hydrogen-bond donors (Lipinski definition) is 0. The van der Waals surface area contributed by atoms with Crippen LogP contribution in [0.5, 0.6) is 11.5 Å². The Morgan fingerprint density at radius 2 is 2.00 bits per heavy atom. The molecule has 0 heterocycles. The van der Waals surface area contributed by atoms with E-state index in [1.165, 1.54) is 14.2 Å². The highest BCUT2D eigenvalue weighted by molar-refractivity contribution is 5.69. The third-order valence-electron chi connectivity index (χ3n) is 2.18.